The van der Waals surface area contributed by atoms with E-state index in [4.69, 9.17) is 0 Å². The third kappa shape index (κ3) is 2.89. The molecule has 4 heteroatoms. The van der Waals surface area contributed by atoms with Crippen molar-refractivity contribution >= 4 is 10.0 Å². The summed E-state index contributed by atoms with van der Waals surface area (Å²) in [7, 11) is -3.46. The summed E-state index contributed by atoms with van der Waals surface area (Å²) in [5, 5.41) is 0. The number of allylic oxidation sites excluding steroid dienone is 1. The third-order valence-corrected chi connectivity index (χ3v) is 7.11. The van der Waals surface area contributed by atoms with Crippen LogP contribution in [-0.4, -0.2) is 19.3 Å². The fourth-order valence-electron chi connectivity index (χ4n) is 4.06. The molecule has 0 aromatic heterocycles. The molecule has 0 amide bonds. The molecule has 1 aliphatic carbocycles. The summed E-state index contributed by atoms with van der Waals surface area (Å²) in [5.41, 5.74) is 4.94. The summed E-state index contributed by atoms with van der Waals surface area (Å²) in [6, 6.07) is 13.7. The Morgan fingerprint density at radius 3 is 2.20 bits per heavy atom. The number of fused-ring (bicyclic) bond motifs is 1. The van der Waals surface area contributed by atoms with Gasteiger partial charge >= 0.3 is 0 Å². The quantitative estimate of drug-likeness (QED) is 0.831. The van der Waals surface area contributed by atoms with Crippen LogP contribution >= 0.6 is 0 Å². The molecule has 0 spiro atoms. The predicted molar refractivity (Wildman–Crippen MR) is 99.8 cm³/mol. The normalized spacial score (nSPS) is 24.9. The van der Waals surface area contributed by atoms with Gasteiger partial charge in [0.1, 0.15) is 0 Å². The lowest BCUT2D eigenvalue weighted by atomic mass is 10.0. The first-order valence-corrected chi connectivity index (χ1v) is 10.2. The van der Waals surface area contributed by atoms with Crippen molar-refractivity contribution in [3.8, 4) is 0 Å². The summed E-state index contributed by atoms with van der Waals surface area (Å²) >= 11 is 0. The minimum atomic E-state index is -3.46. The number of aryl methyl sites for hydroxylation is 3. The van der Waals surface area contributed by atoms with Gasteiger partial charge in [0.05, 0.1) is 4.90 Å². The molecule has 1 fully saturated rings. The maximum atomic E-state index is 12.9. The van der Waals surface area contributed by atoms with E-state index in [0.29, 0.717) is 29.2 Å². The summed E-state index contributed by atoms with van der Waals surface area (Å²) in [6.45, 7) is 6.76. The zero-order valence-electron chi connectivity index (χ0n) is 14.8. The van der Waals surface area contributed by atoms with Gasteiger partial charge in [-0.3, -0.25) is 4.31 Å². The van der Waals surface area contributed by atoms with Gasteiger partial charge in [-0.05, 0) is 56.2 Å². The van der Waals surface area contributed by atoms with Crippen LogP contribution < -0.4 is 0 Å². The molecule has 130 valence electrons. The molecular weight excluding hydrogens is 330 g/mol. The van der Waals surface area contributed by atoms with Gasteiger partial charge in [0.2, 0.25) is 0 Å². The molecule has 25 heavy (non-hydrogen) atoms. The number of benzene rings is 2. The summed E-state index contributed by atoms with van der Waals surface area (Å²) in [5.74, 6) is 1.28. The van der Waals surface area contributed by atoms with Crippen LogP contribution in [0, 0.1) is 32.6 Å². The average molecular weight is 353 g/mol. The molecule has 1 aliphatic heterocycles. The molecule has 1 heterocycles. The van der Waals surface area contributed by atoms with Gasteiger partial charge in [-0.1, -0.05) is 53.1 Å². The first-order valence-electron chi connectivity index (χ1n) is 8.71. The smallest absolute Gasteiger partial charge is 0.263 e. The van der Waals surface area contributed by atoms with E-state index in [9.17, 15) is 8.42 Å². The van der Waals surface area contributed by atoms with Gasteiger partial charge in [-0.2, -0.15) is 0 Å². The highest BCUT2D eigenvalue weighted by molar-refractivity contribution is 7.89. The minimum absolute atomic E-state index is 0.366. The van der Waals surface area contributed by atoms with Crippen molar-refractivity contribution in [1.82, 2.24) is 4.31 Å². The minimum Gasteiger partial charge on any atom is -0.273 e. The van der Waals surface area contributed by atoms with Gasteiger partial charge in [-0.15, -0.1) is 0 Å². The highest BCUT2D eigenvalue weighted by Crippen LogP contribution is 2.57. The van der Waals surface area contributed by atoms with Crippen molar-refractivity contribution in [2.24, 2.45) is 11.8 Å². The molecule has 0 unspecified atom stereocenters. The SMILES string of the molecule is Cc1ccc(S(=O)(=O)N2C=C[C@@H]3[C@H](C2)[C@H]3c2cc(C)cc(C)c2)cc1. The van der Waals surface area contributed by atoms with E-state index >= 15 is 0 Å². The van der Waals surface area contributed by atoms with E-state index in [0.717, 1.165) is 5.56 Å². The van der Waals surface area contributed by atoms with Gasteiger partial charge in [0, 0.05) is 12.7 Å². The van der Waals surface area contributed by atoms with Crippen molar-refractivity contribution in [1.29, 1.82) is 0 Å². The summed E-state index contributed by atoms with van der Waals surface area (Å²) in [4.78, 5) is 0.366. The monoisotopic (exact) mass is 353 g/mol. The Hall–Kier alpha value is -2.07. The molecule has 3 nitrogen and oxygen atoms in total. The second kappa shape index (κ2) is 5.73. The topological polar surface area (TPSA) is 37.4 Å². The van der Waals surface area contributed by atoms with E-state index in [1.807, 2.05) is 19.1 Å². The number of hydrogen-bond donors (Lipinski definition) is 0. The zero-order chi connectivity index (χ0) is 17.8. The number of nitrogens with zero attached hydrogens (tertiary/aromatic N) is 1. The number of sulfonamides is 1. The zero-order valence-corrected chi connectivity index (χ0v) is 15.6. The molecule has 0 bridgehead atoms. The van der Waals surface area contributed by atoms with E-state index in [2.05, 4.69) is 38.1 Å². The highest BCUT2D eigenvalue weighted by Gasteiger charge is 2.52. The summed E-state index contributed by atoms with van der Waals surface area (Å²) in [6.07, 6.45) is 3.83. The van der Waals surface area contributed by atoms with Crippen molar-refractivity contribution in [2.45, 2.75) is 31.6 Å². The van der Waals surface area contributed by atoms with Gasteiger partial charge in [-0.25, -0.2) is 8.42 Å². The van der Waals surface area contributed by atoms with E-state index in [1.54, 1.807) is 18.3 Å². The van der Waals surface area contributed by atoms with E-state index < -0.39 is 10.0 Å². The van der Waals surface area contributed by atoms with Crippen LogP contribution in [-0.2, 0) is 10.0 Å². The van der Waals surface area contributed by atoms with Gasteiger partial charge in [0.15, 0.2) is 0 Å². The van der Waals surface area contributed by atoms with Crippen molar-refractivity contribution < 1.29 is 8.42 Å². The summed E-state index contributed by atoms with van der Waals surface area (Å²) < 4.78 is 27.3. The lowest BCUT2D eigenvalue weighted by molar-refractivity contribution is 0.460. The molecule has 0 saturated heterocycles. The molecule has 3 atom stereocenters. The molecular formula is C21H23NO2S. The first-order chi connectivity index (χ1) is 11.9. The second-order valence-electron chi connectivity index (χ2n) is 7.42. The average Bonchev–Trinajstić information content (AvgIpc) is 3.27. The van der Waals surface area contributed by atoms with Crippen LogP contribution in [0.1, 0.15) is 28.2 Å². The Kier molecular flexibility index (Phi) is 3.76. The van der Waals surface area contributed by atoms with Crippen LogP contribution in [0.3, 0.4) is 0 Å². The molecule has 0 N–H and O–H groups in total. The Balaban J connectivity index is 1.57. The van der Waals surface area contributed by atoms with Crippen LogP contribution in [0.2, 0.25) is 0 Å². The highest BCUT2D eigenvalue weighted by atomic mass is 32.2. The molecule has 1 saturated carbocycles. The molecule has 2 aromatic carbocycles. The third-order valence-electron chi connectivity index (χ3n) is 5.35. The fraction of sp³-hybridized carbons (Fsp3) is 0.333. The lowest BCUT2D eigenvalue weighted by Gasteiger charge is -2.23. The molecule has 4 rings (SSSR count). The Bertz CT molecular complexity index is 924. The van der Waals surface area contributed by atoms with Crippen molar-refractivity contribution in [3.63, 3.8) is 0 Å². The van der Waals surface area contributed by atoms with E-state index in [1.165, 1.54) is 21.0 Å². The second-order valence-corrected chi connectivity index (χ2v) is 9.31. The standard InChI is InChI=1S/C21H23NO2S/c1-14-4-6-18(7-5-14)25(23,24)22-9-8-19-20(13-22)21(19)17-11-15(2)10-16(3)12-17/h4-12,19-21H,13H2,1-3H3/t19-,20+,21+/m1/s1. The predicted octanol–water partition coefficient (Wildman–Crippen LogP) is 4.16. The molecule has 0 radical (unpaired) electrons. The fourth-order valence-corrected chi connectivity index (χ4v) is 5.41. The largest absolute Gasteiger partial charge is 0.273 e. The lowest BCUT2D eigenvalue weighted by Crippen LogP contribution is -2.30. The van der Waals surface area contributed by atoms with Crippen LogP contribution in [0.4, 0.5) is 0 Å². The Morgan fingerprint density at radius 1 is 0.920 bits per heavy atom. The van der Waals surface area contributed by atoms with Crippen molar-refractivity contribution in [3.05, 3.63) is 77.0 Å². The number of hydrogen-bond acceptors (Lipinski definition) is 2. The molecule has 2 aromatic rings. The first kappa shape index (κ1) is 16.4. The Morgan fingerprint density at radius 2 is 1.56 bits per heavy atom. The Labute approximate surface area is 150 Å². The van der Waals surface area contributed by atoms with Crippen molar-refractivity contribution in [2.75, 3.05) is 6.54 Å². The number of rotatable bonds is 3. The van der Waals surface area contributed by atoms with Gasteiger partial charge < -0.3 is 0 Å². The van der Waals surface area contributed by atoms with Crippen LogP contribution in [0.25, 0.3) is 0 Å². The van der Waals surface area contributed by atoms with E-state index in [-0.39, 0.29) is 0 Å². The van der Waals surface area contributed by atoms with Crippen LogP contribution in [0.5, 0.6) is 0 Å². The van der Waals surface area contributed by atoms with Crippen LogP contribution in [0.15, 0.2) is 59.6 Å². The van der Waals surface area contributed by atoms with Gasteiger partial charge in [0.25, 0.3) is 10.0 Å². The maximum absolute atomic E-state index is 12.9. The molecule has 2 aliphatic rings. The maximum Gasteiger partial charge on any atom is 0.263 e.